The molecule has 1 aromatic carbocycles. The highest BCUT2D eigenvalue weighted by molar-refractivity contribution is 6.20. The number of hydrogen-bond acceptors (Lipinski definition) is 1. The standard InChI is InChI=1S/C17H25ClN2/c1-12(2)8-5-6-11-20-16-13(3)9-7-10-15(16)19-17(20)14(4)18/h7,9-10,12,14H,5-6,8,11H2,1-4H3. The Hall–Kier alpha value is -1.02. The molecular formula is C17H25ClN2. The van der Waals surface area contributed by atoms with Crippen molar-refractivity contribution < 1.29 is 0 Å². The van der Waals surface area contributed by atoms with Gasteiger partial charge in [-0.1, -0.05) is 38.8 Å². The molecule has 2 aromatic rings. The SMILES string of the molecule is Cc1cccc2nc(C(C)Cl)n(CCCCC(C)C)c12. The highest BCUT2D eigenvalue weighted by atomic mass is 35.5. The van der Waals surface area contributed by atoms with Crippen LogP contribution in [-0.2, 0) is 6.54 Å². The molecule has 2 nitrogen and oxygen atoms in total. The summed E-state index contributed by atoms with van der Waals surface area (Å²) in [6.45, 7) is 9.73. The number of nitrogens with zero attached hydrogens (tertiary/aromatic N) is 2. The van der Waals surface area contributed by atoms with E-state index in [1.54, 1.807) is 0 Å². The van der Waals surface area contributed by atoms with Crippen molar-refractivity contribution in [3.05, 3.63) is 29.6 Å². The molecule has 0 amide bonds. The van der Waals surface area contributed by atoms with E-state index in [1.807, 2.05) is 6.92 Å². The van der Waals surface area contributed by atoms with Crippen LogP contribution in [0.4, 0.5) is 0 Å². The molecule has 0 spiro atoms. The third kappa shape index (κ3) is 3.35. The molecule has 0 aliphatic carbocycles. The third-order valence-corrected chi connectivity index (χ3v) is 3.96. The van der Waals surface area contributed by atoms with Gasteiger partial charge in [0.2, 0.25) is 0 Å². The molecule has 20 heavy (non-hydrogen) atoms. The first-order chi connectivity index (χ1) is 9.50. The number of aromatic nitrogens is 2. The van der Waals surface area contributed by atoms with Gasteiger partial charge < -0.3 is 4.57 Å². The molecule has 0 aliphatic heterocycles. The maximum absolute atomic E-state index is 6.31. The van der Waals surface area contributed by atoms with Gasteiger partial charge in [-0.2, -0.15) is 0 Å². The van der Waals surface area contributed by atoms with Crippen molar-refractivity contribution >= 4 is 22.6 Å². The number of rotatable bonds is 6. The molecule has 3 heteroatoms. The monoisotopic (exact) mass is 292 g/mol. The third-order valence-electron chi connectivity index (χ3n) is 3.77. The minimum absolute atomic E-state index is 0.0492. The lowest BCUT2D eigenvalue weighted by atomic mass is 10.1. The van der Waals surface area contributed by atoms with E-state index < -0.39 is 0 Å². The smallest absolute Gasteiger partial charge is 0.127 e. The molecule has 2 rings (SSSR count). The van der Waals surface area contributed by atoms with E-state index in [2.05, 4.69) is 43.5 Å². The van der Waals surface area contributed by atoms with Crippen LogP contribution in [0.15, 0.2) is 18.2 Å². The first-order valence-electron chi connectivity index (χ1n) is 7.60. The zero-order valence-corrected chi connectivity index (χ0v) is 13.7. The van der Waals surface area contributed by atoms with E-state index in [1.165, 1.54) is 30.3 Å². The first kappa shape index (κ1) is 15.4. The topological polar surface area (TPSA) is 17.8 Å². The fraction of sp³-hybridized carbons (Fsp3) is 0.588. The Balaban J connectivity index is 2.27. The van der Waals surface area contributed by atoms with Crippen LogP contribution in [0.3, 0.4) is 0 Å². The molecular weight excluding hydrogens is 268 g/mol. The summed E-state index contributed by atoms with van der Waals surface area (Å²) in [6, 6.07) is 6.30. The van der Waals surface area contributed by atoms with Gasteiger partial charge in [0.05, 0.1) is 16.4 Å². The van der Waals surface area contributed by atoms with E-state index in [9.17, 15) is 0 Å². The van der Waals surface area contributed by atoms with Crippen LogP contribution >= 0.6 is 11.6 Å². The number of aryl methyl sites for hydroxylation is 2. The van der Waals surface area contributed by atoms with Gasteiger partial charge in [0.1, 0.15) is 5.82 Å². The van der Waals surface area contributed by atoms with Crippen molar-refractivity contribution in [1.82, 2.24) is 9.55 Å². The number of fused-ring (bicyclic) bond motifs is 1. The Morgan fingerprint density at radius 3 is 2.60 bits per heavy atom. The Labute approximate surface area is 127 Å². The van der Waals surface area contributed by atoms with Crippen LogP contribution in [0.5, 0.6) is 0 Å². The normalized spacial score (nSPS) is 13.3. The number of benzene rings is 1. The molecule has 1 atom stereocenters. The molecule has 0 N–H and O–H groups in total. The molecule has 0 saturated carbocycles. The van der Waals surface area contributed by atoms with Crippen LogP contribution in [0, 0.1) is 12.8 Å². The van der Waals surface area contributed by atoms with Crippen molar-refractivity contribution in [2.24, 2.45) is 5.92 Å². The van der Waals surface area contributed by atoms with Crippen molar-refractivity contribution in [3.8, 4) is 0 Å². The van der Waals surface area contributed by atoms with Gasteiger partial charge in [-0.25, -0.2) is 4.98 Å². The zero-order chi connectivity index (χ0) is 14.7. The average Bonchev–Trinajstić information content (AvgIpc) is 2.75. The zero-order valence-electron chi connectivity index (χ0n) is 13.0. The predicted molar refractivity (Wildman–Crippen MR) is 87.4 cm³/mol. The Morgan fingerprint density at radius 2 is 1.95 bits per heavy atom. The summed E-state index contributed by atoms with van der Waals surface area (Å²) < 4.78 is 2.32. The van der Waals surface area contributed by atoms with Crippen LogP contribution in [-0.4, -0.2) is 9.55 Å². The molecule has 110 valence electrons. The molecule has 0 aliphatic rings. The molecule has 0 radical (unpaired) electrons. The van der Waals surface area contributed by atoms with Crippen molar-refractivity contribution in [2.75, 3.05) is 0 Å². The van der Waals surface area contributed by atoms with E-state index in [-0.39, 0.29) is 5.38 Å². The summed E-state index contributed by atoms with van der Waals surface area (Å²) in [4.78, 5) is 4.72. The van der Waals surface area contributed by atoms with Gasteiger partial charge >= 0.3 is 0 Å². The summed E-state index contributed by atoms with van der Waals surface area (Å²) in [5.41, 5.74) is 3.60. The molecule has 0 fully saturated rings. The number of hydrogen-bond donors (Lipinski definition) is 0. The summed E-state index contributed by atoms with van der Waals surface area (Å²) in [5.74, 6) is 1.78. The predicted octanol–water partition coefficient (Wildman–Crippen LogP) is 5.47. The van der Waals surface area contributed by atoms with Crippen LogP contribution in [0.25, 0.3) is 11.0 Å². The highest BCUT2D eigenvalue weighted by Crippen LogP contribution is 2.27. The van der Waals surface area contributed by atoms with Gasteiger partial charge in [0, 0.05) is 6.54 Å². The Morgan fingerprint density at radius 1 is 1.20 bits per heavy atom. The lowest BCUT2D eigenvalue weighted by Gasteiger charge is -2.12. The fourth-order valence-electron chi connectivity index (χ4n) is 2.74. The number of alkyl halides is 1. The Kier molecular flexibility index (Phi) is 5.09. The molecule has 1 unspecified atom stereocenters. The minimum Gasteiger partial charge on any atom is -0.327 e. The molecule has 0 saturated heterocycles. The Bertz CT molecular complexity index is 570. The van der Waals surface area contributed by atoms with Crippen molar-refractivity contribution in [3.63, 3.8) is 0 Å². The second-order valence-corrected chi connectivity index (χ2v) is 6.72. The fourth-order valence-corrected chi connectivity index (χ4v) is 2.90. The van der Waals surface area contributed by atoms with Gasteiger partial charge in [0.15, 0.2) is 0 Å². The van der Waals surface area contributed by atoms with Gasteiger partial charge in [-0.3, -0.25) is 0 Å². The largest absolute Gasteiger partial charge is 0.327 e. The first-order valence-corrected chi connectivity index (χ1v) is 8.04. The van der Waals surface area contributed by atoms with Gasteiger partial charge in [0.25, 0.3) is 0 Å². The number of unbranched alkanes of at least 4 members (excludes halogenated alkanes) is 1. The van der Waals surface area contributed by atoms with E-state index in [0.717, 1.165) is 23.8 Å². The van der Waals surface area contributed by atoms with E-state index in [0.29, 0.717) is 0 Å². The summed E-state index contributed by atoms with van der Waals surface area (Å²) in [6.07, 6.45) is 3.74. The van der Waals surface area contributed by atoms with Crippen LogP contribution < -0.4 is 0 Å². The number of para-hydroxylation sites is 1. The second kappa shape index (κ2) is 6.62. The molecule has 1 heterocycles. The molecule has 1 aromatic heterocycles. The summed E-state index contributed by atoms with van der Waals surface area (Å²) >= 11 is 6.31. The van der Waals surface area contributed by atoms with Crippen LogP contribution in [0.1, 0.15) is 56.8 Å². The quantitative estimate of drug-likeness (QED) is 0.510. The molecule has 0 bridgehead atoms. The summed E-state index contributed by atoms with van der Waals surface area (Å²) in [5, 5.41) is -0.0492. The van der Waals surface area contributed by atoms with E-state index in [4.69, 9.17) is 16.6 Å². The second-order valence-electron chi connectivity index (χ2n) is 6.07. The number of halogens is 1. The number of imidazole rings is 1. The minimum atomic E-state index is -0.0492. The van der Waals surface area contributed by atoms with Crippen molar-refractivity contribution in [1.29, 1.82) is 0 Å². The maximum atomic E-state index is 6.31. The summed E-state index contributed by atoms with van der Waals surface area (Å²) in [7, 11) is 0. The van der Waals surface area contributed by atoms with Crippen molar-refractivity contribution in [2.45, 2.75) is 58.9 Å². The average molecular weight is 293 g/mol. The van der Waals surface area contributed by atoms with Gasteiger partial charge in [-0.05, 0) is 37.8 Å². The highest BCUT2D eigenvalue weighted by Gasteiger charge is 2.15. The maximum Gasteiger partial charge on any atom is 0.127 e. The lowest BCUT2D eigenvalue weighted by Crippen LogP contribution is -2.05. The van der Waals surface area contributed by atoms with E-state index >= 15 is 0 Å². The van der Waals surface area contributed by atoms with Crippen LogP contribution in [0.2, 0.25) is 0 Å². The lowest BCUT2D eigenvalue weighted by molar-refractivity contribution is 0.507. The van der Waals surface area contributed by atoms with Gasteiger partial charge in [-0.15, -0.1) is 11.6 Å².